The van der Waals surface area contributed by atoms with Crippen molar-refractivity contribution in [1.82, 2.24) is 0 Å². The number of nitro benzene ring substituents is 1. The van der Waals surface area contributed by atoms with Crippen LogP contribution in [0, 0.1) is 10.1 Å². The van der Waals surface area contributed by atoms with Crippen LogP contribution >= 0.6 is 0 Å². The summed E-state index contributed by atoms with van der Waals surface area (Å²) in [6, 6.07) is 3.95. The summed E-state index contributed by atoms with van der Waals surface area (Å²) >= 11 is 0. The molecule has 0 unspecified atom stereocenters. The summed E-state index contributed by atoms with van der Waals surface area (Å²) < 4.78 is 5.59. The van der Waals surface area contributed by atoms with Crippen molar-refractivity contribution in [3.8, 4) is 11.5 Å². The summed E-state index contributed by atoms with van der Waals surface area (Å²) in [5.41, 5.74) is -0.194. The first-order chi connectivity index (χ1) is 9.04. The second-order valence-electron chi connectivity index (χ2n) is 4.69. The third-order valence-corrected chi connectivity index (χ3v) is 2.93. The SMILES string of the molecule is CCCCCC[C@@H](C)Oc1ccc(O)cc1[N+](=O)[O-]. The number of hydrogen-bond acceptors (Lipinski definition) is 4. The number of nitro groups is 1. The molecule has 1 atom stereocenters. The normalized spacial score (nSPS) is 12.1. The Morgan fingerprint density at radius 1 is 1.37 bits per heavy atom. The Morgan fingerprint density at radius 2 is 2.11 bits per heavy atom. The van der Waals surface area contributed by atoms with Crippen LogP contribution in [0.5, 0.6) is 11.5 Å². The maximum Gasteiger partial charge on any atom is 0.314 e. The van der Waals surface area contributed by atoms with Crippen molar-refractivity contribution in [2.24, 2.45) is 0 Å². The Hall–Kier alpha value is -1.78. The lowest BCUT2D eigenvalue weighted by atomic mass is 10.1. The summed E-state index contributed by atoms with van der Waals surface area (Å²) in [7, 11) is 0. The summed E-state index contributed by atoms with van der Waals surface area (Å²) in [5, 5.41) is 20.1. The highest BCUT2D eigenvalue weighted by atomic mass is 16.6. The minimum atomic E-state index is -0.543. The van der Waals surface area contributed by atoms with E-state index in [1.165, 1.54) is 25.0 Å². The fourth-order valence-electron chi connectivity index (χ4n) is 1.88. The molecule has 0 saturated carbocycles. The van der Waals surface area contributed by atoms with E-state index in [-0.39, 0.29) is 23.3 Å². The molecule has 0 aliphatic rings. The highest BCUT2D eigenvalue weighted by Crippen LogP contribution is 2.31. The molecule has 1 aromatic rings. The molecule has 5 nitrogen and oxygen atoms in total. The number of aromatic hydroxyl groups is 1. The molecule has 1 aromatic carbocycles. The number of rotatable bonds is 8. The lowest BCUT2D eigenvalue weighted by Crippen LogP contribution is -2.12. The van der Waals surface area contributed by atoms with Gasteiger partial charge in [-0.1, -0.05) is 26.2 Å². The second kappa shape index (κ2) is 7.61. The van der Waals surface area contributed by atoms with Gasteiger partial charge >= 0.3 is 5.69 Å². The van der Waals surface area contributed by atoms with Crippen molar-refractivity contribution in [2.75, 3.05) is 0 Å². The van der Waals surface area contributed by atoms with E-state index in [1.54, 1.807) is 0 Å². The van der Waals surface area contributed by atoms with Crippen LogP contribution in [0.2, 0.25) is 0 Å². The predicted octanol–water partition coefficient (Wildman–Crippen LogP) is 4.04. The number of unbranched alkanes of at least 4 members (excludes halogenated alkanes) is 3. The van der Waals surface area contributed by atoms with Crippen molar-refractivity contribution in [3.05, 3.63) is 28.3 Å². The van der Waals surface area contributed by atoms with Gasteiger partial charge in [-0.25, -0.2) is 0 Å². The fraction of sp³-hybridized carbons (Fsp3) is 0.571. The summed E-state index contributed by atoms with van der Waals surface area (Å²) in [6.45, 7) is 4.06. The Labute approximate surface area is 113 Å². The Morgan fingerprint density at radius 3 is 2.74 bits per heavy atom. The first kappa shape index (κ1) is 15.3. The molecule has 1 rings (SSSR count). The molecule has 0 aromatic heterocycles. The monoisotopic (exact) mass is 267 g/mol. The van der Waals surface area contributed by atoms with Crippen LogP contribution in [0.3, 0.4) is 0 Å². The number of ether oxygens (including phenoxy) is 1. The standard InChI is InChI=1S/C14H21NO4/c1-3-4-5-6-7-11(2)19-14-9-8-12(16)10-13(14)15(17)18/h8-11,16H,3-7H2,1-2H3/t11-/m1/s1. The molecule has 0 bridgehead atoms. The minimum Gasteiger partial charge on any atom is -0.508 e. The fourth-order valence-corrected chi connectivity index (χ4v) is 1.88. The molecule has 0 saturated heterocycles. The van der Waals surface area contributed by atoms with Crippen molar-refractivity contribution >= 4 is 5.69 Å². The summed E-state index contributed by atoms with van der Waals surface area (Å²) in [6.07, 6.45) is 5.39. The maximum absolute atomic E-state index is 10.9. The van der Waals surface area contributed by atoms with E-state index in [9.17, 15) is 15.2 Å². The van der Waals surface area contributed by atoms with Gasteiger partial charge in [0.1, 0.15) is 5.75 Å². The predicted molar refractivity (Wildman–Crippen MR) is 73.6 cm³/mol. The van der Waals surface area contributed by atoms with Crippen LogP contribution in [-0.2, 0) is 0 Å². The highest BCUT2D eigenvalue weighted by Gasteiger charge is 2.17. The molecule has 0 spiro atoms. The van der Waals surface area contributed by atoms with Gasteiger partial charge in [-0.15, -0.1) is 0 Å². The van der Waals surface area contributed by atoms with E-state index in [4.69, 9.17) is 4.74 Å². The third-order valence-electron chi connectivity index (χ3n) is 2.93. The van der Waals surface area contributed by atoms with Crippen molar-refractivity contribution < 1.29 is 14.8 Å². The van der Waals surface area contributed by atoms with E-state index in [2.05, 4.69) is 6.92 Å². The molecule has 106 valence electrons. The van der Waals surface area contributed by atoms with Gasteiger partial charge in [-0.05, 0) is 31.9 Å². The Kier molecular flexibility index (Phi) is 6.12. The molecule has 0 heterocycles. The third kappa shape index (κ3) is 5.16. The zero-order chi connectivity index (χ0) is 14.3. The van der Waals surface area contributed by atoms with E-state index in [0.717, 1.165) is 25.3 Å². The Balaban J connectivity index is 2.58. The number of phenolic OH excluding ortho intramolecular Hbond substituents is 1. The number of hydrogen-bond donors (Lipinski definition) is 1. The van der Waals surface area contributed by atoms with Crippen LogP contribution in [0.25, 0.3) is 0 Å². The van der Waals surface area contributed by atoms with E-state index in [0.29, 0.717) is 0 Å². The minimum absolute atomic E-state index is 0.0694. The quantitative estimate of drug-likeness (QED) is 0.438. The van der Waals surface area contributed by atoms with Gasteiger partial charge in [0.2, 0.25) is 0 Å². The molecule has 0 fully saturated rings. The second-order valence-corrected chi connectivity index (χ2v) is 4.69. The highest BCUT2D eigenvalue weighted by molar-refractivity contribution is 5.50. The van der Waals surface area contributed by atoms with Crippen LogP contribution < -0.4 is 4.74 Å². The number of phenols is 1. The summed E-state index contributed by atoms with van der Waals surface area (Å²) in [5.74, 6) is 0.0837. The van der Waals surface area contributed by atoms with Crippen molar-refractivity contribution in [3.63, 3.8) is 0 Å². The van der Waals surface area contributed by atoms with Crippen LogP contribution in [-0.4, -0.2) is 16.1 Å². The van der Waals surface area contributed by atoms with Gasteiger partial charge in [0, 0.05) is 0 Å². The van der Waals surface area contributed by atoms with E-state index in [1.807, 2.05) is 6.92 Å². The first-order valence-corrected chi connectivity index (χ1v) is 6.68. The van der Waals surface area contributed by atoms with E-state index >= 15 is 0 Å². The van der Waals surface area contributed by atoms with Crippen LogP contribution in [0.1, 0.15) is 46.0 Å². The zero-order valence-corrected chi connectivity index (χ0v) is 11.5. The van der Waals surface area contributed by atoms with Gasteiger partial charge in [0.05, 0.1) is 17.1 Å². The maximum atomic E-state index is 10.9. The topological polar surface area (TPSA) is 72.6 Å². The average Bonchev–Trinajstić information content (AvgIpc) is 2.36. The molecule has 5 heteroatoms. The molecule has 0 aliphatic carbocycles. The molecule has 19 heavy (non-hydrogen) atoms. The van der Waals surface area contributed by atoms with Crippen LogP contribution in [0.15, 0.2) is 18.2 Å². The summed E-state index contributed by atoms with van der Waals surface area (Å²) in [4.78, 5) is 10.3. The van der Waals surface area contributed by atoms with Gasteiger partial charge in [0.15, 0.2) is 5.75 Å². The lowest BCUT2D eigenvalue weighted by molar-refractivity contribution is -0.386. The van der Waals surface area contributed by atoms with Gasteiger partial charge < -0.3 is 9.84 Å². The average molecular weight is 267 g/mol. The first-order valence-electron chi connectivity index (χ1n) is 6.68. The number of benzene rings is 1. The largest absolute Gasteiger partial charge is 0.508 e. The van der Waals surface area contributed by atoms with Gasteiger partial charge in [0.25, 0.3) is 0 Å². The Bertz CT molecular complexity index is 420. The molecule has 0 aliphatic heterocycles. The molecule has 0 amide bonds. The molecular formula is C14H21NO4. The van der Waals surface area contributed by atoms with Gasteiger partial charge in [-0.2, -0.15) is 0 Å². The molecular weight excluding hydrogens is 246 g/mol. The van der Waals surface area contributed by atoms with Crippen molar-refractivity contribution in [1.29, 1.82) is 0 Å². The zero-order valence-electron chi connectivity index (χ0n) is 11.5. The van der Waals surface area contributed by atoms with E-state index < -0.39 is 4.92 Å². The molecule has 1 N–H and O–H groups in total. The van der Waals surface area contributed by atoms with Crippen LogP contribution in [0.4, 0.5) is 5.69 Å². The molecule has 0 radical (unpaired) electrons. The number of nitrogens with zero attached hydrogens (tertiary/aromatic N) is 1. The van der Waals surface area contributed by atoms with Crippen molar-refractivity contribution in [2.45, 2.75) is 52.1 Å². The lowest BCUT2D eigenvalue weighted by Gasteiger charge is -2.14. The smallest absolute Gasteiger partial charge is 0.314 e. The van der Waals surface area contributed by atoms with Gasteiger partial charge in [-0.3, -0.25) is 10.1 Å².